The van der Waals surface area contributed by atoms with Crippen molar-refractivity contribution in [3.63, 3.8) is 0 Å². The molecule has 604 valence electrons. The second-order valence-electron chi connectivity index (χ2n) is 31.1. The molecule has 0 bridgehead atoms. The summed E-state index contributed by atoms with van der Waals surface area (Å²) in [5.41, 5.74) is 7.32. The average Bonchev–Trinajstić information content (AvgIpc) is 0.965. The van der Waals surface area contributed by atoms with Gasteiger partial charge in [-0.1, -0.05) is 86.3 Å². The monoisotopic (exact) mass is 1680 g/mol. The van der Waals surface area contributed by atoms with Crippen LogP contribution in [-0.4, -0.2) is 115 Å². The lowest BCUT2D eigenvalue weighted by atomic mass is 10.0. The van der Waals surface area contributed by atoms with Gasteiger partial charge in [-0.15, -0.1) is 19.0 Å². The molecule has 0 unspecified atom stereocenters. The molecule has 0 spiro atoms. The molecule has 5 heterocycles. The largest absolute Gasteiger partial charge is 0.460 e. The van der Waals surface area contributed by atoms with Crippen LogP contribution in [0.2, 0.25) is 0 Å². The van der Waals surface area contributed by atoms with Gasteiger partial charge >= 0.3 is 30.3 Å². The number of hydrogen-bond acceptors (Lipinski definition) is 16. The first-order valence-corrected chi connectivity index (χ1v) is 37.0. The quantitative estimate of drug-likeness (QED) is 0.0165. The summed E-state index contributed by atoms with van der Waals surface area (Å²) in [5.74, 6) is -2.26. The summed E-state index contributed by atoms with van der Waals surface area (Å²) in [7, 11) is 0. The topological polar surface area (TPSA) is 293 Å². The van der Waals surface area contributed by atoms with Crippen molar-refractivity contribution in [2.75, 3.05) is 34.4 Å². The molecule has 4 aliphatic heterocycles. The summed E-state index contributed by atoms with van der Waals surface area (Å²) >= 11 is 2.23. The van der Waals surface area contributed by atoms with Crippen molar-refractivity contribution in [1.82, 2.24) is 14.4 Å². The van der Waals surface area contributed by atoms with Crippen molar-refractivity contribution in [2.24, 2.45) is 0 Å². The van der Waals surface area contributed by atoms with Gasteiger partial charge in [0, 0.05) is 45.4 Å². The Hall–Kier alpha value is -10.4. The minimum atomic E-state index is -0.986. The molecule has 0 aliphatic carbocycles. The molecular weight excluding hydrogens is 1580 g/mol. The molecule has 5 aromatic carbocycles. The van der Waals surface area contributed by atoms with E-state index >= 15 is 0 Å². The van der Waals surface area contributed by atoms with Gasteiger partial charge in [0.15, 0.2) is 17.4 Å². The Labute approximate surface area is 674 Å². The van der Waals surface area contributed by atoms with Crippen LogP contribution in [0.1, 0.15) is 198 Å². The number of aromatic nitrogens is 1. The van der Waals surface area contributed by atoms with Gasteiger partial charge in [-0.3, -0.25) is 33.6 Å². The van der Waals surface area contributed by atoms with Crippen molar-refractivity contribution in [2.45, 2.75) is 210 Å². The van der Waals surface area contributed by atoms with E-state index in [9.17, 15) is 61.5 Å². The maximum atomic E-state index is 13.4. The minimum Gasteiger partial charge on any atom is -0.460 e. The van der Waals surface area contributed by atoms with Crippen LogP contribution < -0.4 is 26.8 Å². The number of halogens is 4. The summed E-state index contributed by atoms with van der Waals surface area (Å²) in [6.07, 6.45) is 12.6. The predicted octanol–water partition coefficient (Wildman–Crippen LogP) is 18.1. The average molecular weight is 1680 g/mol. The molecule has 4 N–H and O–H groups in total. The van der Waals surface area contributed by atoms with E-state index in [1.165, 1.54) is 34.5 Å². The summed E-state index contributed by atoms with van der Waals surface area (Å²) in [6, 6.07) is 29.9. The third-order valence-corrected chi connectivity index (χ3v) is 16.1. The molecule has 6 aromatic rings. The van der Waals surface area contributed by atoms with Gasteiger partial charge in [0.1, 0.15) is 28.0 Å². The lowest BCUT2D eigenvalue weighted by molar-refractivity contribution is -0.155. The minimum absolute atomic E-state index is 0. The number of Topliss-reactive ketones (excluding diaryl/α,β-unsaturated/α-hetero) is 1. The number of hydrogen-bond donors (Lipinski definition) is 4. The van der Waals surface area contributed by atoms with E-state index < -0.39 is 69.6 Å². The van der Waals surface area contributed by atoms with Gasteiger partial charge in [0.2, 0.25) is 23.6 Å². The maximum absolute atomic E-state index is 13.4. The Bertz CT molecular complexity index is 4480. The fourth-order valence-corrected chi connectivity index (χ4v) is 11.2. The zero-order chi connectivity index (χ0) is 81.6. The number of carbonyl (C=O) groups is 10. The highest BCUT2D eigenvalue weighted by atomic mass is 127. The van der Waals surface area contributed by atoms with Crippen molar-refractivity contribution in [3.8, 4) is 0 Å². The van der Waals surface area contributed by atoms with Gasteiger partial charge < -0.3 is 49.5 Å². The molecule has 0 saturated carbocycles. The van der Waals surface area contributed by atoms with E-state index in [-0.39, 0.29) is 86.8 Å². The number of anilines is 4. The molecule has 0 atom stereocenters. The summed E-state index contributed by atoms with van der Waals surface area (Å²) in [4.78, 5) is 132. The standard InChI is InChI=1S/C25H20F2N2O3.C21H28N2O5.C17H23NO3.C13H23NO4.C8H6INO.CH4.ClH/c26-20-10-8-17(12-21(20)27)15-29-11-3-5-19(25(29)32)23(30)6-2-1-4-16-7-9-18-14-24(31)28-22(18)13-16;1-20(2,3)27-18(25)23(19(26)28-21(4,5)6)11-7-8-14-9-10-15-13-17(24)22-16(15)12-14;1-17(2,3)21-16(20)7-5-4-6-12-8-9-13-11-15(19)18-14(13)10-12;1-8-9-14(10(15)17-12(2,3)4)11(16)18-13(5,6)7;9-6-2-1-5-3-8(11)10-7(5)4-6;;/h1,3-5,7-13H,2,6,14-15H2,(H,28,31);7-10,12H,11,13H2,1-6H3,(H,22,24);8-10H,4-7,11H2,1-3H3,(H,18,19);8H,1,9H2,2-7H3;1-2,4H,3H2,(H,10,11);1H4;1H/b4-1+;8-7+;;;;;. The maximum Gasteiger partial charge on any atom is 0.420 e. The van der Waals surface area contributed by atoms with Gasteiger partial charge in [-0.05, 0) is 251 Å². The number of carbonyl (C=O) groups excluding carboxylic acids is 10. The van der Waals surface area contributed by atoms with Crippen LogP contribution in [0.25, 0.3) is 12.2 Å². The highest BCUT2D eigenvalue weighted by Crippen LogP contribution is 2.29. The number of pyridine rings is 1. The molecule has 0 radical (unpaired) electrons. The Morgan fingerprint density at radius 3 is 1.35 bits per heavy atom. The first-order chi connectivity index (χ1) is 51.3. The number of aryl methyl sites for hydroxylation is 1. The third kappa shape index (κ3) is 32.5. The molecule has 112 heavy (non-hydrogen) atoms. The SMILES string of the molecule is C.C=CCN(C(=O)OC(C)(C)C)C(=O)OC(C)(C)C.CC(C)(C)OC(=O)CCCCc1ccc2c(c1)NC(=O)C2.CC(C)(C)OC(=O)N(C/C=C/c1ccc2c(c1)NC(=O)C2)C(=O)OC(C)(C)C.Cl.O=C1Cc2ccc(/C=C/CCC(=O)c3cccn(Cc4ccc(F)c(F)c4)c3=O)cc2N1.O=C1Cc2ccc(I)cc2N1. The van der Waals surface area contributed by atoms with Crippen LogP contribution >= 0.6 is 35.0 Å². The van der Waals surface area contributed by atoms with Crippen LogP contribution in [0.4, 0.5) is 50.7 Å². The van der Waals surface area contributed by atoms with Gasteiger partial charge in [-0.25, -0.2) is 37.8 Å². The number of nitrogens with one attached hydrogen (secondary N) is 4. The van der Waals surface area contributed by atoms with Crippen molar-refractivity contribution < 1.29 is 80.4 Å². The Morgan fingerprint density at radius 2 is 0.902 bits per heavy atom. The molecule has 4 aliphatic rings. The number of imide groups is 2. The van der Waals surface area contributed by atoms with E-state index in [0.29, 0.717) is 44.1 Å². The Balaban J connectivity index is 0.000000305. The number of ether oxygens (including phenoxy) is 5. The Morgan fingerprint density at radius 1 is 0.491 bits per heavy atom. The molecule has 0 saturated heterocycles. The highest BCUT2D eigenvalue weighted by molar-refractivity contribution is 14.1. The molecule has 0 fully saturated rings. The van der Waals surface area contributed by atoms with Crippen molar-refractivity contribution in [1.29, 1.82) is 0 Å². The number of benzene rings is 5. The summed E-state index contributed by atoms with van der Waals surface area (Å²) < 4.78 is 55.1. The first-order valence-electron chi connectivity index (χ1n) is 35.9. The Kier molecular flexibility index (Phi) is 35.1. The smallest absolute Gasteiger partial charge is 0.420 e. The van der Waals surface area contributed by atoms with Crippen LogP contribution in [0.15, 0.2) is 139 Å². The fourth-order valence-electron chi connectivity index (χ4n) is 10.7. The highest BCUT2D eigenvalue weighted by Gasteiger charge is 2.33. The van der Waals surface area contributed by atoms with Crippen LogP contribution in [0, 0.1) is 15.2 Å². The van der Waals surface area contributed by atoms with Crippen molar-refractivity contribution in [3.05, 3.63) is 210 Å². The summed E-state index contributed by atoms with van der Waals surface area (Å²) in [6.45, 7) is 30.0. The van der Waals surface area contributed by atoms with E-state index in [2.05, 4.69) is 56.5 Å². The normalized spacial score (nSPS) is 13.0. The lowest BCUT2D eigenvalue weighted by Crippen LogP contribution is -2.43. The number of rotatable bonds is 17. The van der Waals surface area contributed by atoms with Crippen LogP contribution in [-0.2, 0) is 86.3 Å². The van der Waals surface area contributed by atoms with E-state index in [4.69, 9.17) is 23.7 Å². The van der Waals surface area contributed by atoms with Crippen LogP contribution in [0.3, 0.4) is 0 Å². The molecule has 27 heteroatoms. The third-order valence-electron chi connectivity index (χ3n) is 15.4. The molecule has 10 rings (SSSR count). The second-order valence-corrected chi connectivity index (χ2v) is 32.4. The molecular formula is C85H105ClF2IN7O16. The number of unbranched alkanes of at least 4 members (excludes halogenated alkanes) is 1. The van der Waals surface area contributed by atoms with E-state index in [1.807, 2.05) is 99.7 Å². The number of amides is 8. The first kappa shape index (κ1) is 94.0. The summed E-state index contributed by atoms with van der Waals surface area (Å²) in [5, 5.41) is 11.2. The fraction of sp³-hybridized carbons (Fsp3) is 0.400. The predicted molar refractivity (Wildman–Crippen MR) is 442 cm³/mol. The van der Waals surface area contributed by atoms with Crippen LogP contribution in [0.5, 0.6) is 0 Å². The number of ketones is 1. The van der Waals surface area contributed by atoms with E-state index in [1.54, 1.807) is 101 Å². The second kappa shape index (κ2) is 41.8. The van der Waals surface area contributed by atoms with Gasteiger partial charge in [-0.2, -0.15) is 0 Å². The molecule has 23 nitrogen and oxygen atoms in total. The zero-order valence-corrected chi connectivity index (χ0v) is 68.6. The van der Waals surface area contributed by atoms with Gasteiger partial charge in [0.05, 0.1) is 50.9 Å². The number of allylic oxidation sites excluding steroid dienone is 1. The molecule has 8 amide bonds. The van der Waals surface area contributed by atoms with Crippen molar-refractivity contribution >= 4 is 130 Å². The zero-order valence-electron chi connectivity index (χ0n) is 65.6. The molecule has 1 aromatic heterocycles. The lowest BCUT2D eigenvalue weighted by Gasteiger charge is -2.28. The number of fused-ring (bicyclic) bond motifs is 4. The number of nitrogens with zero attached hydrogens (tertiary/aromatic N) is 3. The number of esters is 1. The van der Waals surface area contributed by atoms with Gasteiger partial charge in [0.25, 0.3) is 5.56 Å². The van der Waals surface area contributed by atoms with E-state index in [0.717, 1.165) is 101 Å².